The molecule has 2 unspecified atom stereocenters. The Hall–Kier alpha value is -0.160. The van der Waals surface area contributed by atoms with Crippen LogP contribution in [0.3, 0.4) is 0 Å². The summed E-state index contributed by atoms with van der Waals surface area (Å²) in [7, 11) is 0. The zero-order chi connectivity index (χ0) is 12.2. The van der Waals surface area contributed by atoms with E-state index >= 15 is 0 Å². The van der Waals surface area contributed by atoms with E-state index in [1.165, 1.54) is 0 Å². The van der Waals surface area contributed by atoms with Gasteiger partial charge in [0, 0.05) is 26.3 Å². The standard InChI is InChI=1S/C12H27NO3/c1-4-6-7-15-10-12(14)9-13-8-11(3)16-5-2/h11-14H,4-10H2,1-3H3. The molecular formula is C12H27NO3. The van der Waals surface area contributed by atoms with E-state index in [1.807, 2.05) is 13.8 Å². The molecule has 0 aromatic heterocycles. The summed E-state index contributed by atoms with van der Waals surface area (Å²) in [6.45, 7) is 9.32. The van der Waals surface area contributed by atoms with E-state index in [4.69, 9.17) is 9.47 Å². The quantitative estimate of drug-likeness (QED) is 0.526. The van der Waals surface area contributed by atoms with E-state index in [0.29, 0.717) is 13.2 Å². The second kappa shape index (κ2) is 11.3. The Morgan fingerprint density at radius 1 is 1.25 bits per heavy atom. The van der Waals surface area contributed by atoms with Crippen LogP contribution >= 0.6 is 0 Å². The maximum absolute atomic E-state index is 9.56. The molecule has 0 aromatic rings. The highest BCUT2D eigenvalue weighted by Gasteiger charge is 2.05. The highest BCUT2D eigenvalue weighted by atomic mass is 16.5. The van der Waals surface area contributed by atoms with Gasteiger partial charge in [-0.3, -0.25) is 0 Å². The van der Waals surface area contributed by atoms with Crippen molar-refractivity contribution >= 4 is 0 Å². The minimum atomic E-state index is -0.425. The molecule has 2 atom stereocenters. The Balaban J connectivity index is 3.26. The van der Waals surface area contributed by atoms with Crippen LogP contribution in [0.1, 0.15) is 33.6 Å². The molecule has 0 aliphatic heterocycles. The van der Waals surface area contributed by atoms with Crippen molar-refractivity contribution in [3.8, 4) is 0 Å². The maximum Gasteiger partial charge on any atom is 0.0897 e. The lowest BCUT2D eigenvalue weighted by atomic mass is 10.3. The molecule has 0 amide bonds. The van der Waals surface area contributed by atoms with Gasteiger partial charge in [-0.1, -0.05) is 13.3 Å². The molecule has 0 saturated carbocycles. The van der Waals surface area contributed by atoms with Crippen LogP contribution < -0.4 is 5.32 Å². The van der Waals surface area contributed by atoms with Crippen LogP contribution in [0.15, 0.2) is 0 Å². The molecule has 4 heteroatoms. The molecule has 0 aliphatic rings. The largest absolute Gasteiger partial charge is 0.389 e. The molecule has 0 bridgehead atoms. The van der Waals surface area contributed by atoms with E-state index in [9.17, 15) is 5.11 Å². The third-order valence-corrected chi connectivity index (χ3v) is 2.22. The van der Waals surface area contributed by atoms with Crippen molar-refractivity contribution in [3.05, 3.63) is 0 Å². The summed E-state index contributed by atoms with van der Waals surface area (Å²) in [6, 6.07) is 0. The van der Waals surface area contributed by atoms with E-state index in [-0.39, 0.29) is 6.10 Å². The van der Waals surface area contributed by atoms with Crippen molar-refractivity contribution in [1.82, 2.24) is 5.32 Å². The first-order valence-corrected chi connectivity index (χ1v) is 6.28. The van der Waals surface area contributed by atoms with Crippen LogP contribution in [0.5, 0.6) is 0 Å². The molecule has 0 heterocycles. The number of hydrogen-bond acceptors (Lipinski definition) is 4. The summed E-state index contributed by atoms with van der Waals surface area (Å²) in [5, 5.41) is 12.7. The Kier molecular flexibility index (Phi) is 11.2. The zero-order valence-corrected chi connectivity index (χ0v) is 10.9. The lowest BCUT2D eigenvalue weighted by Gasteiger charge is -2.15. The number of unbranched alkanes of at least 4 members (excludes halogenated alkanes) is 1. The van der Waals surface area contributed by atoms with Crippen molar-refractivity contribution in [1.29, 1.82) is 0 Å². The zero-order valence-electron chi connectivity index (χ0n) is 10.9. The number of aliphatic hydroxyl groups is 1. The van der Waals surface area contributed by atoms with Gasteiger partial charge in [-0.05, 0) is 20.3 Å². The van der Waals surface area contributed by atoms with Crippen molar-refractivity contribution in [2.45, 2.75) is 45.8 Å². The van der Waals surface area contributed by atoms with E-state index in [1.54, 1.807) is 0 Å². The molecule has 2 N–H and O–H groups in total. The molecule has 4 nitrogen and oxygen atoms in total. The Labute approximate surface area is 99.3 Å². The van der Waals surface area contributed by atoms with Gasteiger partial charge in [-0.15, -0.1) is 0 Å². The van der Waals surface area contributed by atoms with Gasteiger partial charge in [0.1, 0.15) is 0 Å². The van der Waals surface area contributed by atoms with Gasteiger partial charge in [0.2, 0.25) is 0 Å². The third-order valence-electron chi connectivity index (χ3n) is 2.22. The topological polar surface area (TPSA) is 50.7 Å². The van der Waals surface area contributed by atoms with Gasteiger partial charge < -0.3 is 19.9 Å². The van der Waals surface area contributed by atoms with Crippen LogP contribution in [0.4, 0.5) is 0 Å². The van der Waals surface area contributed by atoms with E-state index in [2.05, 4.69) is 12.2 Å². The smallest absolute Gasteiger partial charge is 0.0897 e. The Morgan fingerprint density at radius 2 is 2.00 bits per heavy atom. The Morgan fingerprint density at radius 3 is 2.62 bits per heavy atom. The fourth-order valence-electron chi connectivity index (χ4n) is 1.32. The molecule has 16 heavy (non-hydrogen) atoms. The van der Waals surface area contributed by atoms with Gasteiger partial charge in [-0.25, -0.2) is 0 Å². The monoisotopic (exact) mass is 233 g/mol. The SMILES string of the molecule is CCCCOCC(O)CNCC(C)OCC. The Bertz CT molecular complexity index is 144. The molecule has 0 rings (SSSR count). The van der Waals surface area contributed by atoms with Gasteiger partial charge >= 0.3 is 0 Å². The summed E-state index contributed by atoms with van der Waals surface area (Å²) >= 11 is 0. The van der Waals surface area contributed by atoms with Gasteiger partial charge in [0.05, 0.1) is 18.8 Å². The first-order chi connectivity index (χ1) is 7.70. The second-order valence-electron chi connectivity index (χ2n) is 4.01. The van der Waals surface area contributed by atoms with E-state index in [0.717, 1.165) is 32.6 Å². The minimum absolute atomic E-state index is 0.193. The number of rotatable bonds is 11. The third kappa shape index (κ3) is 10.4. The molecular weight excluding hydrogens is 206 g/mol. The lowest BCUT2D eigenvalue weighted by Crippen LogP contribution is -2.35. The molecule has 0 radical (unpaired) electrons. The molecule has 0 saturated heterocycles. The molecule has 0 spiro atoms. The van der Waals surface area contributed by atoms with Gasteiger partial charge in [0.15, 0.2) is 0 Å². The first kappa shape index (κ1) is 15.8. The van der Waals surface area contributed by atoms with Crippen LogP contribution in [0, 0.1) is 0 Å². The minimum Gasteiger partial charge on any atom is -0.389 e. The van der Waals surface area contributed by atoms with Crippen molar-refractivity contribution in [2.24, 2.45) is 0 Å². The average Bonchev–Trinajstić information content (AvgIpc) is 2.25. The summed E-state index contributed by atoms with van der Waals surface area (Å²) in [6.07, 6.45) is 1.95. The van der Waals surface area contributed by atoms with Crippen LogP contribution in [-0.2, 0) is 9.47 Å². The number of aliphatic hydroxyl groups excluding tert-OH is 1. The number of ether oxygens (including phenoxy) is 2. The predicted octanol–water partition coefficient (Wildman–Crippen LogP) is 1.18. The normalized spacial score (nSPS) is 15.0. The van der Waals surface area contributed by atoms with Crippen LogP contribution in [0.2, 0.25) is 0 Å². The second-order valence-corrected chi connectivity index (χ2v) is 4.01. The molecule has 0 aromatic carbocycles. The fourth-order valence-corrected chi connectivity index (χ4v) is 1.32. The first-order valence-electron chi connectivity index (χ1n) is 6.28. The predicted molar refractivity (Wildman–Crippen MR) is 65.7 cm³/mol. The lowest BCUT2D eigenvalue weighted by molar-refractivity contribution is 0.0312. The highest BCUT2D eigenvalue weighted by Crippen LogP contribution is 1.91. The number of nitrogens with one attached hydrogen (secondary N) is 1. The molecule has 0 aliphatic carbocycles. The van der Waals surface area contributed by atoms with Crippen molar-refractivity contribution in [3.63, 3.8) is 0 Å². The number of hydrogen-bond donors (Lipinski definition) is 2. The van der Waals surface area contributed by atoms with Crippen LogP contribution in [0.25, 0.3) is 0 Å². The van der Waals surface area contributed by atoms with Crippen molar-refractivity contribution < 1.29 is 14.6 Å². The summed E-state index contributed by atoms with van der Waals surface area (Å²) in [5.41, 5.74) is 0. The summed E-state index contributed by atoms with van der Waals surface area (Å²) < 4.78 is 10.7. The summed E-state index contributed by atoms with van der Waals surface area (Å²) in [5.74, 6) is 0. The summed E-state index contributed by atoms with van der Waals surface area (Å²) in [4.78, 5) is 0. The maximum atomic E-state index is 9.56. The highest BCUT2D eigenvalue weighted by molar-refractivity contribution is 4.61. The van der Waals surface area contributed by atoms with Gasteiger partial charge in [0.25, 0.3) is 0 Å². The van der Waals surface area contributed by atoms with Crippen molar-refractivity contribution in [2.75, 3.05) is 32.9 Å². The van der Waals surface area contributed by atoms with Crippen LogP contribution in [-0.4, -0.2) is 50.2 Å². The average molecular weight is 233 g/mol. The van der Waals surface area contributed by atoms with E-state index < -0.39 is 6.10 Å². The molecule has 0 fully saturated rings. The fraction of sp³-hybridized carbons (Fsp3) is 1.00. The molecule has 98 valence electrons. The van der Waals surface area contributed by atoms with Gasteiger partial charge in [-0.2, -0.15) is 0 Å².